The number of hydrogen-bond donors (Lipinski definition) is 1. The highest BCUT2D eigenvalue weighted by molar-refractivity contribution is 5.96. The van der Waals surface area contributed by atoms with Gasteiger partial charge in [-0.15, -0.1) is 0 Å². The van der Waals surface area contributed by atoms with Gasteiger partial charge in [-0.25, -0.2) is 0 Å². The van der Waals surface area contributed by atoms with Gasteiger partial charge in [0.1, 0.15) is 5.56 Å². The van der Waals surface area contributed by atoms with Crippen LogP contribution >= 0.6 is 0 Å². The highest BCUT2D eigenvalue weighted by Gasteiger charge is 2.23. The minimum absolute atomic E-state index is 0.0626. The lowest BCUT2D eigenvalue weighted by atomic mass is 10.0. The first-order valence-electron chi connectivity index (χ1n) is 7.23. The van der Waals surface area contributed by atoms with Crippen molar-refractivity contribution in [2.45, 2.75) is 46.6 Å². The largest absolute Gasteiger partial charge is 0.360 e. The molecule has 1 heterocycles. The molecule has 2 aromatic rings. The van der Waals surface area contributed by atoms with Gasteiger partial charge in [-0.3, -0.25) is 4.79 Å². The Labute approximate surface area is 125 Å². The maximum atomic E-state index is 12.5. The SMILES string of the molecule is Cc1ccc(C(C)NC(=O)c2c(C)noc2C(C)C)cc1. The van der Waals surface area contributed by atoms with Gasteiger partial charge in [-0.1, -0.05) is 48.8 Å². The Bertz CT molecular complexity index is 627. The van der Waals surface area contributed by atoms with E-state index in [1.807, 2.05) is 52.0 Å². The molecule has 112 valence electrons. The number of carbonyl (C=O) groups excluding carboxylic acids is 1. The number of rotatable bonds is 4. The Morgan fingerprint density at radius 1 is 1.14 bits per heavy atom. The van der Waals surface area contributed by atoms with E-state index in [1.165, 1.54) is 5.56 Å². The summed E-state index contributed by atoms with van der Waals surface area (Å²) in [5.74, 6) is 0.633. The zero-order chi connectivity index (χ0) is 15.6. The molecule has 1 atom stereocenters. The van der Waals surface area contributed by atoms with E-state index < -0.39 is 0 Å². The van der Waals surface area contributed by atoms with Crippen LogP contribution in [0.15, 0.2) is 28.8 Å². The first-order chi connectivity index (χ1) is 9.90. The number of nitrogens with zero attached hydrogens (tertiary/aromatic N) is 1. The Morgan fingerprint density at radius 3 is 2.33 bits per heavy atom. The van der Waals surface area contributed by atoms with Gasteiger partial charge in [0.2, 0.25) is 0 Å². The fourth-order valence-corrected chi connectivity index (χ4v) is 2.26. The van der Waals surface area contributed by atoms with Gasteiger partial charge in [0.25, 0.3) is 5.91 Å². The van der Waals surface area contributed by atoms with Gasteiger partial charge in [0.15, 0.2) is 5.76 Å². The molecule has 21 heavy (non-hydrogen) atoms. The van der Waals surface area contributed by atoms with Gasteiger partial charge in [0.05, 0.1) is 11.7 Å². The molecular formula is C17H22N2O2. The van der Waals surface area contributed by atoms with Crippen molar-refractivity contribution in [2.75, 3.05) is 0 Å². The third-order valence-electron chi connectivity index (χ3n) is 3.57. The normalized spacial score (nSPS) is 12.5. The van der Waals surface area contributed by atoms with Crippen LogP contribution in [0.4, 0.5) is 0 Å². The second-order valence-corrected chi connectivity index (χ2v) is 5.77. The van der Waals surface area contributed by atoms with E-state index in [0.717, 1.165) is 5.56 Å². The number of benzene rings is 1. The van der Waals surface area contributed by atoms with Crippen LogP contribution in [-0.2, 0) is 0 Å². The number of amides is 1. The predicted molar refractivity (Wildman–Crippen MR) is 82.4 cm³/mol. The summed E-state index contributed by atoms with van der Waals surface area (Å²) < 4.78 is 5.27. The molecule has 0 saturated carbocycles. The second kappa shape index (κ2) is 6.12. The topological polar surface area (TPSA) is 55.1 Å². The quantitative estimate of drug-likeness (QED) is 0.927. The molecule has 0 saturated heterocycles. The smallest absolute Gasteiger partial charge is 0.257 e. The molecule has 1 unspecified atom stereocenters. The van der Waals surface area contributed by atoms with Crippen LogP contribution in [-0.4, -0.2) is 11.1 Å². The molecule has 0 radical (unpaired) electrons. The summed E-state index contributed by atoms with van der Waals surface area (Å²) in [5, 5.41) is 6.93. The molecule has 0 fully saturated rings. The van der Waals surface area contributed by atoms with Crippen molar-refractivity contribution in [1.29, 1.82) is 0 Å². The molecule has 0 spiro atoms. The average Bonchev–Trinajstić information content (AvgIpc) is 2.81. The number of carbonyl (C=O) groups is 1. The molecule has 1 aromatic carbocycles. The van der Waals surface area contributed by atoms with Gasteiger partial charge in [-0.2, -0.15) is 0 Å². The van der Waals surface area contributed by atoms with Crippen molar-refractivity contribution >= 4 is 5.91 Å². The van der Waals surface area contributed by atoms with E-state index in [-0.39, 0.29) is 17.9 Å². The zero-order valence-electron chi connectivity index (χ0n) is 13.2. The van der Waals surface area contributed by atoms with Crippen LogP contribution < -0.4 is 5.32 Å². The summed E-state index contributed by atoms with van der Waals surface area (Å²) in [7, 11) is 0. The van der Waals surface area contributed by atoms with Gasteiger partial charge < -0.3 is 9.84 Å². The zero-order valence-corrected chi connectivity index (χ0v) is 13.2. The van der Waals surface area contributed by atoms with Crippen LogP contribution in [0, 0.1) is 13.8 Å². The molecule has 4 nitrogen and oxygen atoms in total. The molecular weight excluding hydrogens is 264 g/mol. The van der Waals surface area contributed by atoms with Crippen molar-refractivity contribution in [2.24, 2.45) is 0 Å². The van der Waals surface area contributed by atoms with Crippen LogP contribution in [0.25, 0.3) is 0 Å². The first-order valence-corrected chi connectivity index (χ1v) is 7.23. The number of aryl methyl sites for hydroxylation is 2. The van der Waals surface area contributed by atoms with E-state index in [0.29, 0.717) is 17.0 Å². The molecule has 4 heteroatoms. The monoisotopic (exact) mass is 286 g/mol. The summed E-state index contributed by atoms with van der Waals surface area (Å²) in [5.41, 5.74) is 3.47. The van der Waals surface area contributed by atoms with Gasteiger partial charge >= 0.3 is 0 Å². The highest BCUT2D eigenvalue weighted by atomic mass is 16.5. The fraction of sp³-hybridized carbons (Fsp3) is 0.412. The van der Waals surface area contributed by atoms with Crippen molar-refractivity contribution in [3.63, 3.8) is 0 Å². The number of hydrogen-bond acceptors (Lipinski definition) is 3. The summed E-state index contributed by atoms with van der Waals surface area (Å²) in [6, 6.07) is 8.09. The lowest BCUT2D eigenvalue weighted by Gasteiger charge is -2.15. The minimum atomic E-state index is -0.134. The first kappa shape index (κ1) is 15.3. The van der Waals surface area contributed by atoms with Crippen LogP contribution in [0.3, 0.4) is 0 Å². The number of aromatic nitrogens is 1. The second-order valence-electron chi connectivity index (χ2n) is 5.77. The van der Waals surface area contributed by atoms with E-state index in [9.17, 15) is 4.79 Å². The molecule has 1 amide bonds. The third kappa shape index (κ3) is 3.32. The summed E-state index contributed by atoms with van der Waals surface area (Å²) in [4.78, 5) is 12.5. The van der Waals surface area contributed by atoms with Crippen LogP contribution in [0.1, 0.15) is 65.7 Å². The summed E-state index contributed by atoms with van der Waals surface area (Å²) in [6.45, 7) is 9.78. The van der Waals surface area contributed by atoms with E-state index >= 15 is 0 Å². The summed E-state index contributed by atoms with van der Waals surface area (Å²) in [6.07, 6.45) is 0. The van der Waals surface area contributed by atoms with Crippen molar-refractivity contribution in [3.05, 3.63) is 52.4 Å². The van der Waals surface area contributed by atoms with Crippen molar-refractivity contribution in [3.8, 4) is 0 Å². The molecule has 0 bridgehead atoms. The Kier molecular flexibility index (Phi) is 4.46. The maximum absolute atomic E-state index is 12.5. The molecule has 1 N–H and O–H groups in total. The maximum Gasteiger partial charge on any atom is 0.257 e. The average molecular weight is 286 g/mol. The molecule has 0 aliphatic carbocycles. The van der Waals surface area contributed by atoms with E-state index in [2.05, 4.69) is 10.5 Å². The fourth-order valence-electron chi connectivity index (χ4n) is 2.26. The van der Waals surface area contributed by atoms with Crippen molar-refractivity contribution in [1.82, 2.24) is 10.5 Å². The Hall–Kier alpha value is -2.10. The predicted octanol–water partition coefficient (Wildman–Crippen LogP) is 3.91. The molecule has 2 rings (SSSR count). The van der Waals surface area contributed by atoms with Crippen LogP contribution in [0.2, 0.25) is 0 Å². The van der Waals surface area contributed by atoms with Crippen LogP contribution in [0.5, 0.6) is 0 Å². The van der Waals surface area contributed by atoms with Crippen molar-refractivity contribution < 1.29 is 9.32 Å². The summed E-state index contributed by atoms with van der Waals surface area (Å²) >= 11 is 0. The molecule has 0 aliphatic rings. The van der Waals surface area contributed by atoms with Gasteiger partial charge in [-0.05, 0) is 26.3 Å². The Balaban J connectivity index is 2.18. The minimum Gasteiger partial charge on any atom is -0.360 e. The Morgan fingerprint density at radius 2 is 1.76 bits per heavy atom. The number of nitrogens with one attached hydrogen (secondary N) is 1. The van der Waals surface area contributed by atoms with Gasteiger partial charge in [0, 0.05) is 5.92 Å². The van der Waals surface area contributed by atoms with E-state index in [4.69, 9.17) is 4.52 Å². The molecule has 1 aromatic heterocycles. The lowest BCUT2D eigenvalue weighted by Crippen LogP contribution is -2.27. The highest BCUT2D eigenvalue weighted by Crippen LogP contribution is 2.23. The molecule has 0 aliphatic heterocycles. The third-order valence-corrected chi connectivity index (χ3v) is 3.57. The lowest BCUT2D eigenvalue weighted by molar-refractivity contribution is 0.0937. The standard InChI is InChI=1S/C17H22N2O2/c1-10(2)16-15(13(5)19-21-16)17(20)18-12(4)14-8-6-11(3)7-9-14/h6-10,12H,1-5H3,(H,18,20). The van der Waals surface area contributed by atoms with E-state index in [1.54, 1.807) is 6.92 Å².